The van der Waals surface area contributed by atoms with Crippen molar-refractivity contribution in [2.75, 3.05) is 4.90 Å². The van der Waals surface area contributed by atoms with Crippen molar-refractivity contribution < 1.29 is 0 Å². The molecular weight excluding hydrogens is 667 g/mol. The van der Waals surface area contributed by atoms with Gasteiger partial charge >= 0.3 is 0 Å². The van der Waals surface area contributed by atoms with E-state index in [1.54, 1.807) is 0 Å². The monoisotopic (exact) mass is 701 g/mol. The van der Waals surface area contributed by atoms with Gasteiger partial charge in [-0.05, 0) is 101 Å². The molecule has 2 heterocycles. The van der Waals surface area contributed by atoms with Gasteiger partial charge in [-0.1, -0.05) is 133 Å². The second-order valence-corrected chi connectivity index (χ2v) is 14.2. The first-order chi connectivity index (χ1) is 27.3. The van der Waals surface area contributed by atoms with Crippen LogP contribution < -0.4 is 4.90 Å². The number of anilines is 3. The molecular formula is C52H35N3. The normalized spacial score (nSPS) is 11.6. The van der Waals surface area contributed by atoms with Crippen LogP contribution in [0.15, 0.2) is 212 Å². The third-order valence-corrected chi connectivity index (χ3v) is 11.1. The molecule has 0 saturated carbocycles. The molecule has 3 nitrogen and oxygen atoms in total. The third-order valence-electron chi connectivity index (χ3n) is 11.1. The molecule has 0 aliphatic heterocycles. The first-order valence-corrected chi connectivity index (χ1v) is 18.9. The molecule has 0 amide bonds. The van der Waals surface area contributed by atoms with E-state index >= 15 is 0 Å². The minimum atomic E-state index is 1.09. The van der Waals surface area contributed by atoms with Crippen LogP contribution in [-0.2, 0) is 0 Å². The molecule has 0 spiro atoms. The number of para-hydroxylation sites is 3. The first-order valence-electron chi connectivity index (χ1n) is 18.9. The van der Waals surface area contributed by atoms with Gasteiger partial charge in [0.25, 0.3) is 0 Å². The van der Waals surface area contributed by atoms with E-state index in [9.17, 15) is 0 Å². The van der Waals surface area contributed by atoms with Crippen molar-refractivity contribution in [2.24, 2.45) is 0 Å². The zero-order valence-corrected chi connectivity index (χ0v) is 30.0. The van der Waals surface area contributed by atoms with Crippen molar-refractivity contribution in [1.29, 1.82) is 0 Å². The van der Waals surface area contributed by atoms with Crippen LogP contribution in [0.2, 0.25) is 0 Å². The Morgan fingerprint density at radius 1 is 0.291 bits per heavy atom. The third kappa shape index (κ3) is 5.05. The van der Waals surface area contributed by atoms with E-state index in [2.05, 4.69) is 226 Å². The Bertz CT molecular complexity index is 3190. The quantitative estimate of drug-likeness (QED) is 0.168. The molecule has 0 aliphatic rings. The van der Waals surface area contributed by atoms with Gasteiger partial charge in [0.05, 0.1) is 22.1 Å². The van der Waals surface area contributed by atoms with E-state index in [0.29, 0.717) is 0 Å². The Balaban J connectivity index is 1.11. The number of fused-ring (bicyclic) bond motifs is 8. The highest BCUT2D eigenvalue weighted by Crippen LogP contribution is 2.42. The summed E-state index contributed by atoms with van der Waals surface area (Å²) in [5, 5.41) is 7.56. The average Bonchev–Trinajstić information content (AvgIpc) is 3.78. The molecule has 9 aromatic carbocycles. The molecule has 11 aromatic rings. The Hall–Kier alpha value is -7.36. The van der Waals surface area contributed by atoms with Crippen molar-refractivity contribution in [2.45, 2.75) is 0 Å². The van der Waals surface area contributed by atoms with Crippen molar-refractivity contribution in [3.63, 3.8) is 0 Å². The predicted molar refractivity (Wildman–Crippen MR) is 233 cm³/mol. The van der Waals surface area contributed by atoms with Crippen molar-refractivity contribution >= 4 is 71.4 Å². The molecule has 0 unspecified atom stereocenters. The molecule has 0 bridgehead atoms. The van der Waals surface area contributed by atoms with Crippen LogP contribution in [0.25, 0.3) is 76.9 Å². The van der Waals surface area contributed by atoms with Crippen LogP contribution in [-0.4, -0.2) is 9.13 Å². The van der Waals surface area contributed by atoms with Gasteiger partial charge in [-0.25, -0.2) is 0 Å². The number of hydrogen-bond acceptors (Lipinski definition) is 1. The van der Waals surface area contributed by atoms with Crippen LogP contribution in [0.3, 0.4) is 0 Å². The molecule has 2 aromatic heterocycles. The Morgan fingerprint density at radius 2 is 0.855 bits per heavy atom. The van der Waals surface area contributed by atoms with Crippen LogP contribution in [0.4, 0.5) is 17.1 Å². The van der Waals surface area contributed by atoms with Crippen LogP contribution in [0, 0.1) is 0 Å². The SMILES string of the molecule is c1ccc(-c2cccc(N(c3ccc(-n4c5ccccc5c5c6ccccc6ccc54)cc3)c3ccc4c5ccccc5n(-c5ccccc5)c4c3)c2)cc1. The van der Waals surface area contributed by atoms with Crippen molar-refractivity contribution in [3.05, 3.63) is 212 Å². The molecule has 258 valence electrons. The smallest absolute Gasteiger partial charge is 0.0561 e. The van der Waals surface area contributed by atoms with Gasteiger partial charge in [0, 0.05) is 50.0 Å². The summed E-state index contributed by atoms with van der Waals surface area (Å²) in [6.45, 7) is 0. The second kappa shape index (κ2) is 12.6. The maximum atomic E-state index is 2.41. The fourth-order valence-corrected chi connectivity index (χ4v) is 8.62. The number of rotatable bonds is 6. The second-order valence-electron chi connectivity index (χ2n) is 14.2. The van der Waals surface area contributed by atoms with Crippen LogP contribution >= 0.6 is 0 Å². The summed E-state index contributed by atoms with van der Waals surface area (Å²) >= 11 is 0. The van der Waals surface area contributed by atoms with Crippen molar-refractivity contribution in [1.82, 2.24) is 9.13 Å². The molecule has 0 aliphatic carbocycles. The molecule has 3 heteroatoms. The predicted octanol–water partition coefficient (Wildman–Crippen LogP) is 14.2. The zero-order chi connectivity index (χ0) is 36.3. The lowest BCUT2D eigenvalue weighted by Crippen LogP contribution is -2.10. The molecule has 55 heavy (non-hydrogen) atoms. The van der Waals surface area contributed by atoms with Gasteiger partial charge in [0.2, 0.25) is 0 Å². The minimum Gasteiger partial charge on any atom is -0.310 e. The standard InChI is InChI=1S/C52H35N3/c1-3-14-36(15-4-1)38-17-13-20-42(34-38)53(43-31-32-46-45-22-9-11-24-48(45)55(51(46)35-43)39-18-5-2-6-19-39)40-27-29-41(30-28-40)54-49-25-12-10-23-47(49)52-44-21-8-7-16-37(44)26-33-50(52)54/h1-35H. The van der Waals surface area contributed by atoms with Gasteiger partial charge in [-0.3, -0.25) is 0 Å². The molecule has 0 fully saturated rings. The summed E-state index contributed by atoms with van der Waals surface area (Å²) in [5.74, 6) is 0. The van der Waals surface area contributed by atoms with E-state index in [4.69, 9.17) is 0 Å². The minimum absolute atomic E-state index is 1.09. The van der Waals surface area contributed by atoms with Gasteiger partial charge < -0.3 is 14.0 Å². The van der Waals surface area contributed by atoms with Gasteiger partial charge in [-0.2, -0.15) is 0 Å². The largest absolute Gasteiger partial charge is 0.310 e. The highest BCUT2D eigenvalue weighted by atomic mass is 15.1. The average molecular weight is 702 g/mol. The fraction of sp³-hybridized carbons (Fsp3) is 0. The van der Waals surface area contributed by atoms with Gasteiger partial charge in [0.15, 0.2) is 0 Å². The summed E-state index contributed by atoms with van der Waals surface area (Å²) in [4.78, 5) is 2.39. The molecule has 0 atom stereocenters. The van der Waals surface area contributed by atoms with E-state index < -0.39 is 0 Å². The highest BCUT2D eigenvalue weighted by Gasteiger charge is 2.19. The number of hydrogen-bond donors (Lipinski definition) is 0. The topological polar surface area (TPSA) is 13.1 Å². The highest BCUT2D eigenvalue weighted by molar-refractivity contribution is 6.21. The zero-order valence-electron chi connectivity index (χ0n) is 30.0. The van der Waals surface area contributed by atoms with Crippen LogP contribution in [0.5, 0.6) is 0 Å². The molecule has 0 saturated heterocycles. The maximum absolute atomic E-state index is 2.41. The Morgan fingerprint density at radius 3 is 1.65 bits per heavy atom. The summed E-state index contributed by atoms with van der Waals surface area (Å²) in [5.41, 5.74) is 12.7. The van der Waals surface area contributed by atoms with E-state index in [1.165, 1.54) is 65.5 Å². The lowest BCUT2D eigenvalue weighted by atomic mass is 10.0. The summed E-state index contributed by atoms with van der Waals surface area (Å²) < 4.78 is 4.80. The maximum Gasteiger partial charge on any atom is 0.0561 e. The van der Waals surface area contributed by atoms with E-state index in [0.717, 1.165) is 28.4 Å². The first kappa shape index (κ1) is 31.2. The number of benzene rings is 9. The lowest BCUT2D eigenvalue weighted by molar-refractivity contribution is 1.17. The Kier molecular flexibility index (Phi) is 7.17. The summed E-state index contributed by atoms with van der Waals surface area (Å²) in [6.07, 6.45) is 0. The molecule has 11 rings (SSSR count). The number of nitrogens with zero attached hydrogens (tertiary/aromatic N) is 3. The molecule has 0 radical (unpaired) electrons. The number of aromatic nitrogens is 2. The molecule has 0 N–H and O–H groups in total. The van der Waals surface area contributed by atoms with E-state index in [1.807, 2.05) is 0 Å². The van der Waals surface area contributed by atoms with E-state index in [-0.39, 0.29) is 0 Å². The van der Waals surface area contributed by atoms with Crippen molar-refractivity contribution in [3.8, 4) is 22.5 Å². The Labute approximate surface area is 319 Å². The van der Waals surface area contributed by atoms with Gasteiger partial charge in [-0.15, -0.1) is 0 Å². The summed E-state index contributed by atoms with van der Waals surface area (Å²) in [6, 6.07) is 76.9. The summed E-state index contributed by atoms with van der Waals surface area (Å²) in [7, 11) is 0. The lowest BCUT2D eigenvalue weighted by Gasteiger charge is -2.26. The van der Waals surface area contributed by atoms with Gasteiger partial charge in [0.1, 0.15) is 0 Å². The van der Waals surface area contributed by atoms with Crippen LogP contribution in [0.1, 0.15) is 0 Å². The fourth-order valence-electron chi connectivity index (χ4n) is 8.62.